The lowest BCUT2D eigenvalue weighted by Gasteiger charge is -2.64. The molecule has 1 aromatic carbocycles. The molecule has 1 saturated heterocycles. The van der Waals surface area contributed by atoms with Crippen molar-refractivity contribution in [1.29, 1.82) is 0 Å². The maximum Gasteiger partial charge on any atom is 0.165 e. The summed E-state index contributed by atoms with van der Waals surface area (Å²) >= 11 is 0. The molecule has 2 saturated carbocycles. The van der Waals surface area contributed by atoms with Crippen LogP contribution in [0.25, 0.3) is 0 Å². The van der Waals surface area contributed by atoms with Crippen LogP contribution < -0.4 is 4.74 Å². The smallest absolute Gasteiger partial charge is 0.165 e. The zero-order valence-electron chi connectivity index (χ0n) is 17.8. The summed E-state index contributed by atoms with van der Waals surface area (Å²) in [7, 11) is 1.68. The first-order chi connectivity index (χ1) is 14.6. The Morgan fingerprint density at radius 3 is 2.83 bits per heavy atom. The lowest BCUT2D eigenvalue weighted by Crippen LogP contribution is -2.77. The van der Waals surface area contributed by atoms with E-state index in [4.69, 9.17) is 14.2 Å². The summed E-state index contributed by atoms with van der Waals surface area (Å²) in [5.41, 5.74) is 0.962. The summed E-state index contributed by atoms with van der Waals surface area (Å²) < 4.78 is 17.9. The second-order valence-electron chi connectivity index (χ2n) is 10.1. The van der Waals surface area contributed by atoms with Crippen molar-refractivity contribution < 1.29 is 24.4 Å². The number of rotatable bonds is 6. The highest BCUT2D eigenvalue weighted by molar-refractivity contribution is 5.62. The van der Waals surface area contributed by atoms with Crippen LogP contribution in [0, 0.1) is 5.92 Å². The summed E-state index contributed by atoms with van der Waals surface area (Å²) in [4.78, 5) is 2.58. The maximum absolute atomic E-state index is 12.4. The van der Waals surface area contributed by atoms with Crippen molar-refractivity contribution in [2.24, 2.45) is 5.92 Å². The third-order valence-corrected chi connectivity index (χ3v) is 8.86. The molecule has 30 heavy (non-hydrogen) atoms. The Bertz CT molecular complexity index is 841. The lowest BCUT2D eigenvalue weighted by atomic mass is 9.48. The molecule has 1 spiro atoms. The van der Waals surface area contributed by atoms with E-state index < -0.39 is 11.0 Å². The molecule has 3 fully saturated rings. The molecule has 1 aromatic rings. The summed E-state index contributed by atoms with van der Waals surface area (Å²) in [6.45, 7) is 3.13. The van der Waals surface area contributed by atoms with Gasteiger partial charge in [0.15, 0.2) is 11.5 Å². The van der Waals surface area contributed by atoms with E-state index in [0.29, 0.717) is 25.4 Å². The van der Waals surface area contributed by atoms with Crippen LogP contribution in [0.15, 0.2) is 12.1 Å². The van der Waals surface area contributed by atoms with Gasteiger partial charge >= 0.3 is 0 Å². The van der Waals surface area contributed by atoms with Gasteiger partial charge in [-0.1, -0.05) is 12.5 Å². The van der Waals surface area contributed by atoms with Gasteiger partial charge in [-0.2, -0.15) is 0 Å². The first-order valence-corrected chi connectivity index (χ1v) is 11.7. The lowest BCUT2D eigenvalue weighted by molar-refractivity contribution is -0.217. The molecular formula is C24H33NO5. The van der Waals surface area contributed by atoms with Gasteiger partial charge in [0, 0.05) is 25.3 Å². The molecule has 2 heterocycles. The van der Waals surface area contributed by atoms with Crippen LogP contribution in [0.4, 0.5) is 0 Å². The van der Waals surface area contributed by atoms with Crippen LogP contribution in [0.2, 0.25) is 0 Å². The molecule has 2 aliphatic heterocycles. The number of piperidine rings is 1. The summed E-state index contributed by atoms with van der Waals surface area (Å²) in [5, 5.41) is 23.0. The van der Waals surface area contributed by atoms with E-state index in [1.165, 1.54) is 24.8 Å². The Morgan fingerprint density at radius 1 is 1.20 bits per heavy atom. The minimum absolute atomic E-state index is 0.1000. The molecule has 3 unspecified atom stereocenters. The van der Waals surface area contributed by atoms with Crippen LogP contribution in [0.1, 0.15) is 49.7 Å². The molecule has 2 N–H and O–H groups in total. The van der Waals surface area contributed by atoms with E-state index in [1.54, 1.807) is 13.2 Å². The largest absolute Gasteiger partial charge is 0.504 e. The van der Waals surface area contributed by atoms with Gasteiger partial charge in [0.2, 0.25) is 0 Å². The highest BCUT2D eigenvalue weighted by atomic mass is 16.6. The average Bonchev–Trinajstić information content (AvgIpc) is 3.05. The van der Waals surface area contributed by atoms with Gasteiger partial charge in [0.05, 0.1) is 30.3 Å². The van der Waals surface area contributed by atoms with Crippen molar-refractivity contribution in [3.63, 3.8) is 0 Å². The van der Waals surface area contributed by atoms with E-state index in [-0.39, 0.29) is 24.0 Å². The van der Waals surface area contributed by atoms with Gasteiger partial charge in [0.25, 0.3) is 0 Å². The molecule has 0 aromatic heterocycles. The molecule has 0 amide bonds. The minimum atomic E-state index is -0.840. The van der Waals surface area contributed by atoms with Crippen LogP contribution in [0.3, 0.4) is 0 Å². The normalized spacial score (nSPS) is 39.3. The number of aromatic hydroxyl groups is 1. The molecule has 6 rings (SSSR count). The number of phenolic OH excluding ortho intramolecular Hbond substituents is 1. The molecule has 0 radical (unpaired) electrons. The number of hydrogen-bond donors (Lipinski definition) is 2. The number of nitrogens with zero attached hydrogens (tertiary/aromatic N) is 1. The van der Waals surface area contributed by atoms with Crippen LogP contribution >= 0.6 is 0 Å². The SMILES string of the molecule is COCCOC1CC[C@@]2(O)C3Cc4ccc(O)c5c4C2(CCN3CC2CCC2)[C@H]1O5. The van der Waals surface area contributed by atoms with Gasteiger partial charge in [-0.3, -0.25) is 4.90 Å². The Hall–Kier alpha value is -1.34. The summed E-state index contributed by atoms with van der Waals surface area (Å²) in [5.74, 6) is 1.55. The number of methoxy groups -OCH3 is 1. The highest BCUT2D eigenvalue weighted by Gasteiger charge is 2.73. The second kappa shape index (κ2) is 6.83. The fraction of sp³-hybridized carbons (Fsp3) is 0.750. The Balaban J connectivity index is 1.42. The molecule has 6 nitrogen and oxygen atoms in total. The van der Waals surface area contributed by atoms with Gasteiger partial charge in [-0.25, -0.2) is 0 Å². The van der Waals surface area contributed by atoms with Gasteiger partial charge in [0.1, 0.15) is 6.10 Å². The van der Waals surface area contributed by atoms with Crippen molar-refractivity contribution in [2.45, 2.75) is 74.2 Å². The first kappa shape index (κ1) is 19.4. The number of likely N-dealkylation sites (tertiary alicyclic amines) is 1. The van der Waals surface area contributed by atoms with Crippen molar-refractivity contribution in [3.05, 3.63) is 23.3 Å². The van der Waals surface area contributed by atoms with E-state index in [0.717, 1.165) is 43.8 Å². The van der Waals surface area contributed by atoms with E-state index in [1.807, 2.05) is 0 Å². The number of hydrogen-bond acceptors (Lipinski definition) is 6. The van der Waals surface area contributed by atoms with Crippen LogP contribution in [-0.2, 0) is 21.3 Å². The maximum atomic E-state index is 12.4. The van der Waals surface area contributed by atoms with Crippen molar-refractivity contribution >= 4 is 0 Å². The van der Waals surface area contributed by atoms with Crippen LogP contribution in [0.5, 0.6) is 11.5 Å². The van der Waals surface area contributed by atoms with Crippen molar-refractivity contribution in [2.75, 3.05) is 33.4 Å². The minimum Gasteiger partial charge on any atom is -0.504 e. The third-order valence-electron chi connectivity index (χ3n) is 8.86. The quantitative estimate of drug-likeness (QED) is 0.695. The van der Waals surface area contributed by atoms with E-state index >= 15 is 0 Å². The highest BCUT2D eigenvalue weighted by Crippen LogP contribution is 2.65. The predicted molar refractivity (Wildman–Crippen MR) is 111 cm³/mol. The molecule has 2 bridgehead atoms. The topological polar surface area (TPSA) is 71.4 Å². The number of phenols is 1. The van der Waals surface area contributed by atoms with Crippen molar-refractivity contribution in [3.8, 4) is 11.5 Å². The van der Waals surface area contributed by atoms with Gasteiger partial charge < -0.3 is 24.4 Å². The monoisotopic (exact) mass is 415 g/mol. The third kappa shape index (κ3) is 2.39. The van der Waals surface area contributed by atoms with Gasteiger partial charge in [-0.05, 0) is 62.6 Å². The van der Waals surface area contributed by atoms with Crippen molar-refractivity contribution in [1.82, 2.24) is 4.90 Å². The zero-order chi connectivity index (χ0) is 20.5. The number of ether oxygens (including phenoxy) is 3. The fourth-order valence-corrected chi connectivity index (χ4v) is 7.26. The molecule has 5 atom stereocenters. The fourth-order valence-electron chi connectivity index (χ4n) is 7.26. The van der Waals surface area contributed by atoms with E-state index in [9.17, 15) is 10.2 Å². The molecule has 5 aliphatic rings. The molecule has 3 aliphatic carbocycles. The molecule has 164 valence electrons. The Morgan fingerprint density at radius 2 is 2.07 bits per heavy atom. The summed E-state index contributed by atoms with van der Waals surface area (Å²) in [6.07, 6.45) is 6.80. The number of aliphatic hydroxyl groups is 1. The summed E-state index contributed by atoms with van der Waals surface area (Å²) in [6, 6.07) is 3.93. The first-order valence-electron chi connectivity index (χ1n) is 11.7. The molecule has 6 heteroatoms. The zero-order valence-corrected chi connectivity index (χ0v) is 17.8. The van der Waals surface area contributed by atoms with E-state index in [2.05, 4.69) is 11.0 Å². The number of benzene rings is 1. The Kier molecular flexibility index (Phi) is 4.40. The average molecular weight is 416 g/mol. The Labute approximate surface area is 178 Å². The standard InChI is InChI=1S/C24H33NO5/c1-28-11-12-29-18-7-8-24(27)19-13-16-5-6-17(26)21-20(16)23(24,22(18)30-21)9-10-25(19)14-15-3-2-4-15/h5-6,15,18-19,22,26-27H,2-4,7-14H2,1H3/t18?,19?,22-,23?,24+/m0/s1. The van der Waals surface area contributed by atoms with Gasteiger partial charge in [-0.15, -0.1) is 0 Å². The predicted octanol–water partition coefficient (Wildman–Crippen LogP) is 2.38. The second-order valence-corrected chi connectivity index (χ2v) is 10.1. The van der Waals surface area contributed by atoms with Crippen LogP contribution in [-0.4, -0.2) is 72.4 Å². The molecular weight excluding hydrogens is 382 g/mol.